The highest BCUT2D eigenvalue weighted by molar-refractivity contribution is 6.04. The molecule has 5 nitrogen and oxygen atoms in total. The summed E-state index contributed by atoms with van der Waals surface area (Å²) in [5, 5.41) is 9.23. The average Bonchev–Trinajstić information content (AvgIpc) is 2.69. The lowest BCUT2D eigenvalue weighted by Crippen LogP contribution is -2.34. The van der Waals surface area contributed by atoms with Gasteiger partial charge in [0.15, 0.2) is 0 Å². The number of nitrogens with one attached hydrogen (secondary N) is 3. The zero-order chi connectivity index (χ0) is 19.1. The van der Waals surface area contributed by atoms with Gasteiger partial charge in [-0.25, -0.2) is 0 Å². The molecule has 2 aromatic rings. The van der Waals surface area contributed by atoms with Gasteiger partial charge >= 0.3 is 0 Å². The minimum atomic E-state index is -0.169. The van der Waals surface area contributed by atoms with E-state index in [4.69, 9.17) is 0 Å². The molecule has 2 aromatic carbocycles. The second kappa shape index (κ2) is 10.8. The molecule has 0 aromatic heterocycles. The molecular formula is C22H28ClN3O2. The first-order valence-electron chi connectivity index (χ1n) is 9.59. The maximum absolute atomic E-state index is 12.4. The number of halogens is 1. The Balaban J connectivity index is 0.00000280. The first-order valence-corrected chi connectivity index (χ1v) is 9.59. The summed E-state index contributed by atoms with van der Waals surface area (Å²) in [6, 6.07) is 16.3. The Kier molecular flexibility index (Phi) is 8.48. The Morgan fingerprint density at radius 2 is 1.79 bits per heavy atom. The van der Waals surface area contributed by atoms with Crippen LogP contribution in [0.5, 0.6) is 0 Å². The molecule has 3 N–H and O–H groups in total. The Hall–Kier alpha value is -2.37. The van der Waals surface area contributed by atoms with Gasteiger partial charge in [-0.1, -0.05) is 31.2 Å². The number of hydrogen-bond donors (Lipinski definition) is 3. The van der Waals surface area contributed by atoms with Gasteiger partial charge in [0.05, 0.1) is 0 Å². The van der Waals surface area contributed by atoms with Gasteiger partial charge in [0, 0.05) is 23.4 Å². The van der Waals surface area contributed by atoms with E-state index in [1.807, 2.05) is 36.4 Å². The summed E-state index contributed by atoms with van der Waals surface area (Å²) >= 11 is 0. The van der Waals surface area contributed by atoms with E-state index in [9.17, 15) is 9.59 Å². The summed E-state index contributed by atoms with van der Waals surface area (Å²) < 4.78 is 0. The number of hydrogen-bond acceptors (Lipinski definition) is 3. The van der Waals surface area contributed by atoms with E-state index in [-0.39, 0.29) is 24.2 Å². The van der Waals surface area contributed by atoms with Gasteiger partial charge in [-0.3, -0.25) is 9.59 Å². The second-order valence-electron chi connectivity index (χ2n) is 7.24. The third-order valence-electron chi connectivity index (χ3n) is 5.09. The topological polar surface area (TPSA) is 70.2 Å². The number of anilines is 2. The molecular weight excluding hydrogens is 374 g/mol. The van der Waals surface area contributed by atoms with E-state index in [0.717, 1.165) is 13.1 Å². The highest BCUT2D eigenvalue weighted by Gasteiger charge is 2.22. The zero-order valence-corrected chi connectivity index (χ0v) is 16.9. The Bertz CT molecular complexity index is 776. The minimum Gasteiger partial charge on any atom is -0.326 e. The SMILES string of the molecule is CC(CC(=O)Nc1cccc(NC(=O)c2ccccc2)c1)C1CCCNC1.Cl. The van der Waals surface area contributed by atoms with E-state index in [2.05, 4.69) is 22.9 Å². The van der Waals surface area contributed by atoms with Crippen LogP contribution in [0.3, 0.4) is 0 Å². The van der Waals surface area contributed by atoms with E-state index >= 15 is 0 Å². The van der Waals surface area contributed by atoms with Gasteiger partial charge in [0.1, 0.15) is 0 Å². The summed E-state index contributed by atoms with van der Waals surface area (Å²) in [6.07, 6.45) is 2.87. The fourth-order valence-corrected chi connectivity index (χ4v) is 3.50. The van der Waals surface area contributed by atoms with Crippen molar-refractivity contribution in [1.29, 1.82) is 0 Å². The summed E-state index contributed by atoms with van der Waals surface area (Å²) in [6.45, 7) is 4.22. The molecule has 1 aliphatic heterocycles. The molecule has 2 unspecified atom stereocenters. The zero-order valence-electron chi connectivity index (χ0n) is 16.1. The predicted molar refractivity (Wildman–Crippen MR) is 116 cm³/mol. The van der Waals surface area contributed by atoms with Crippen LogP contribution in [-0.2, 0) is 4.79 Å². The first-order chi connectivity index (χ1) is 13.1. The molecule has 1 fully saturated rings. The van der Waals surface area contributed by atoms with Crippen molar-refractivity contribution in [1.82, 2.24) is 5.32 Å². The molecule has 1 aliphatic rings. The molecule has 2 atom stereocenters. The fourth-order valence-electron chi connectivity index (χ4n) is 3.50. The lowest BCUT2D eigenvalue weighted by molar-refractivity contribution is -0.117. The summed E-state index contributed by atoms with van der Waals surface area (Å²) in [5.74, 6) is 0.747. The van der Waals surface area contributed by atoms with E-state index in [1.54, 1.807) is 18.2 Å². The van der Waals surface area contributed by atoms with Crippen molar-refractivity contribution in [3.8, 4) is 0 Å². The van der Waals surface area contributed by atoms with Crippen LogP contribution in [0.1, 0.15) is 36.5 Å². The molecule has 0 bridgehead atoms. The van der Waals surface area contributed by atoms with Crippen LogP contribution >= 0.6 is 12.4 Å². The van der Waals surface area contributed by atoms with Crippen LogP contribution in [0.4, 0.5) is 11.4 Å². The molecule has 2 amide bonds. The van der Waals surface area contributed by atoms with Crippen molar-refractivity contribution < 1.29 is 9.59 Å². The van der Waals surface area contributed by atoms with Gasteiger partial charge in [0.25, 0.3) is 5.91 Å². The molecule has 0 saturated carbocycles. The van der Waals surface area contributed by atoms with Crippen molar-refractivity contribution in [2.24, 2.45) is 11.8 Å². The maximum atomic E-state index is 12.4. The van der Waals surface area contributed by atoms with E-state index in [0.29, 0.717) is 35.2 Å². The summed E-state index contributed by atoms with van der Waals surface area (Å²) in [7, 11) is 0. The van der Waals surface area contributed by atoms with Crippen molar-refractivity contribution >= 4 is 35.6 Å². The highest BCUT2D eigenvalue weighted by atomic mass is 35.5. The number of benzene rings is 2. The van der Waals surface area contributed by atoms with Crippen LogP contribution in [0.25, 0.3) is 0 Å². The largest absolute Gasteiger partial charge is 0.326 e. The lowest BCUT2D eigenvalue weighted by Gasteiger charge is -2.28. The standard InChI is InChI=1S/C22H27N3O2.ClH/c1-16(18-9-6-12-23-15-18)13-21(26)24-19-10-5-11-20(14-19)25-22(27)17-7-3-2-4-8-17;/h2-5,7-8,10-11,14,16,18,23H,6,9,12-13,15H2,1H3,(H,24,26)(H,25,27);1H. The number of piperidine rings is 1. The second-order valence-corrected chi connectivity index (χ2v) is 7.24. The van der Waals surface area contributed by atoms with Gasteiger partial charge in [0.2, 0.25) is 5.91 Å². The average molecular weight is 402 g/mol. The van der Waals surface area contributed by atoms with Crippen LogP contribution in [0.2, 0.25) is 0 Å². The normalized spacial score (nSPS) is 17.1. The number of amides is 2. The van der Waals surface area contributed by atoms with Gasteiger partial charge < -0.3 is 16.0 Å². The third kappa shape index (κ3) is 6.36. The van der Waals surface area contributed by atoms with Crippen LogP contribution in [-0.4, -0.2) is 24.9 Å². The van der Waals surface area contributed by atoms with E-state index in [1.165, 1.54) is 12.8 Å². The Labute approximate surface area is 172 Å². The molecule has 28 heavy (non-hydrogen) atoms. The summed E-state index contributed by atoms with van der Waals surface area (Å²) in [4.78, 5) is 24.7. The van der Waals surface area contributed by atoms with Gasteiger partial charge in [-0.2, -0.15) is 0 Å². The molecule has 0 spiro atoms. The summed E-state index contributed by atoms with van der Waals surface area (Å²) in [5.41, 5.74) is 1.95. The Morgan fingerprint density at radius 3 is 2.46 bits per heavy atom. The minimum absolute atomic E-state index is 0. The third-order valence-corrected chi connectivity index (χ3v) is 5.09. The van der Waals surface area contributed by atoms with Crippen LogP contribution in [0.15, 0.2) is 54.6 Å². The van der Waals surface area contributed by atoms with Crippen molar-refractivity contribution in [2.75, 3.05) is 23.7 Å². The monoisotopic (exact) mass is 401 g/mol. The van der Waals surface area contributed by atoms with Crippen molar-refractivity contribution in [2.45, 2.75) is 26.2 Å². The van der Waals surface area contributed by atoms with Crippen molar-refractivity contribution in [3.63, 3.8) is 0 Å². The molecule has 6 heteroatoms. The first kappa shape index (κ1) is 21.9. The van der Waals surface area contributed by atoms with Crippen molar-refractivity contribution in [3.05, 3.63) is 60.2 Å². The molecule has 1 heterocycles. The lowest BCUT2D eigenvalue weighted by atomic mass is 9.85. The Morgan fingerprint density at radius 1 is 1.07 bits per heavy atom. The smallest absolute Gasteiger partial charge is 0.255 e. The molecule has 3 rings (SSSR count). The maximum Gasteiger partial charge on any atom is 0.255 e. The number of carbonyl (C=O) groups is 2. The van der Waals surface area contributed by atoms with Crippen LogP contribution in [0, 0.1) is 11.8 Å². The quantitative estimate of drug-likeness (QED) is 0.674. The molecule has 1 saturated heterocycles. The molecule has 0 radical (unpaired) electrons. The number of carbonyl (C=O) groups excluding carboxylic acids is 2. The highest BCUT2D eigenvalue weighted by Crippen LogP contribution is 2.23. The fraction of sp³-hybridized carbons (Fsp3) is 0.364. The van der Waals surface area contributed by atoms with Gasteiger partial charge in [-0.05, 0) is 68.1 Å². The van der Waals surface area contributed by atoms with E-state index < -0.39 is 0 Å². The molecule has 0 aliphatic carbocycles. The number of rotatable bonds is 6. The predicted octanol–water partition coefficient (Wildman–Crippen LogP) is 4.33. The molecule has 150 valence electrons. The van der Waals surface area contributed by atoms with Crippen LogP contribution < -0.4 is 16.0 Å². The van der Waals surface area contributed by atoms with Gasteiger partial charge in [-0.15, -0.1) is 12.4 Å².